The molecule has 0 aliphatic carbocycles. The normalized spacial score (nSPS) is 10.5. The number of non-ortho nitro benzene ring substituents is 1. The van der Waals surface area contributed by atoms with Crippen molar-refractivity contribution in [3.05, 3.63) is 46.1 Å². The summed E-state index contributed by atoms with van der Waals surface area (Å²) in [5, 5.41) is 19.7. The number of H-pyrrole nitrogens is 1. The molecule has 1 N–H and O–H groups in total. The second-order valence-electron chi connectivity index (χ2n) is 3.68. The van der Waals surface area contributed by atoms with Crippen LogP contribution >= 0.6 is 11.3 Å². The quantitative estimate of drug-likeness (QED) is 0.584. The van der Waals surface area contributed by atoms with Crippen LogP contribution in [0.15, 0.2) is 36.0 Å². The van der Waals surface area contributed by atoms with Crippen molar-refractivity contribution in [3.63, 3.8) is 0 Å². The first kappa shape index (κ1) is 11.5. The zero-order valence-electron chi connectivity index (χ0n) is 9.48. The number of thiazole rings is 1. The highest BCUT2D eigenvalue weighted by Gasteiger charge is 2.10. The predicted molar refractivity (Wildman–Crippen MR) is 69.6 cm³/mol. The van der Waals surface area contributed by atoms with Crippen molar-refractivity contribution in [1.29, 1.82) is 0 Å². The molecule has 0 fully saturated rings. The number of nitrogens with zero attached hydrogens (tertiary/aromatic N) is 4. The first-order valence-corrected chi connectivity index (χ1v) is 6.18. The Balaban J connectivity index is 1.92. The molecule has 1 aromatic carbocycles. The van der Waals surface area contributed by atoms with E-state index in [0.29, 0.717) is 5.82 Å². The number of aromatic amines is 1. The van der Waals surface area contributed by atoms with Gasteiger partial charge >= 0.3 is 0 Å². The van der Waals surface area contributed by atoms with E-state index in [0.717, 1.165) is 16.3 Å². The van der Waals surface area contributed by atoms with E-state index in [1.165, 1.54) is 29.8 Å². The average molecular weight is 273 g/mol. The van der Waals surface area contributed by atoms with Crippen LogP contribution < -0.4 is 0 Å². The molecular weight excluding hydrogens is 266 g/mol. The second-order valence-corrected chi connectivity index (χ2v) is 4.53. The summed E-state index contributed by atoms with van der Waals surface area (Å²) in [7, 11) is 0. The summed E-state index contributed by atoms with van der Waals surface area (Å²) in [5.41, 5.74) is 1.65. The van der Waals surface area contributed by atoms with E-state index < -0.39 is 4.92 Å². The first-order valence-electron chi connectivity index (χ1n) is 5.30. The Bertz CT molecular complexity index is 705. The fourth-order valence-electron chi connectivity index (χ4n) is 1.58. The lowest BCUT2D eigenvalue weighted by Gasteiger charge is -1.95. The second kappa shape index (κ2) is 4.58. The fraction of sp³-hybridized carbons (Fsp3) is 0. The molecule has 0 amide bonds. The molecule has 0 aliphatic heterocycles. The maximum absolute atomic E-state index is 10.6. The highest BCUT2D eigenvalue weighted by Crippen LogP contribution is 2.27. The van der Waals surface area contributed by atoms with Crippen LogP contribution in [-0.2, 0) is 0 Å². The third-order valence-corrected chi connectivity index (χ3v) is 3.34. The fourth-order valence-corrected chi connectivity index (χ4v) is 2.35. The molecule has 0 saturated heterocycles. The number of hydrogen-bond acceptors (Lipinski definition) is 6. The van der Waals surface area contributed by atoms with Crippen molar-refractivity contribution < 1.29 is 4.92 Å². The van der Waals surface area contributed by atoms with Crippen LogP contribution in [0.5, 0.6) is 0 Å². The van der Waals surface area contributed by atoms with E-state index >= 15 is 0 Å². The van der Waals surface area contributed by atoms with Crippen molar-refractivity contribution >= 4 is 17.0 Å². The Morgan fingerprint density at radius 2 is 2.05 bits per heavy atom. The van der Waals surface area contributed by atoms with Crippen LogP contribution in [0.1, 0.15) is 0 Å². The number of aromatic nitrogens is 4. The van der Waals surface area contributed by atoms with Gasteiger partial charge in [-0.15, -0.1) is 11.3 Å². The lowest BCUT2D eigenvalue weighted by Crippen LogP contribution is -1.87. The van der Waals surface area contributed by atoms with E-state index in [1.807, 2.05) is 5.38 Å². The van der Waals surface area contributed by atoms with Gasteiger partial charge in [-0.2, -0.15) is 5.10 Å². The number of benzene rings is 1. The maximum Gasteiger partial charge on any atom is 0.269 e. The third kappa shape index (κ3) is 2.20. The molecule has 0 bridgehead atoms. The summed E-state index contributed by atoms with van der Waals surface area (Å²) in [6.07, 6.45) is 1.42. The van der Waals surface area contributed by atoms with Gasteiger partial charge in [-0.1, -0.05) is 0 Å². The molecule has 2 aromatic heterocycles. The van der Waals surface area contributed by atoms with Crippen LogP contribution in [0.25, 0.3) is 22.1 Å². The van der Waals surface area contributed by atoms with Gasteiger partial charge in [0.1, 0.15) is 6.33 Å². The Morgan fingerprint density at radius 1 is 1.26 bits per heavy atom. The summed E-state index contributed by atoms with van der Waals surface area (Å²) in [6.45, 7) is 0. The summed E-state index contributed by atoms with van der Waals surface area (Å²) in [4.78, 5) is 18.6. The molecule has 8 heteroatoms. The van der Waals surface area contributed by atoms with Gasteiger partial charge in [-0.05, 0) is 12.1 Å². The summed E-state index contributed by atoms with van der Waals surface area (Å²) >= 11 is 1.43. The van der Waals surface area contributed by atoms with Gasteiger partial charge in [0.2, 0.25) is 0 Å². The number of nitro benzene ring substituents is 1. The molecule has 0 saturated carbocycles. The topological polar surface area (TPSA) is 97.6 Å². The minimum atomic E-state index is -0.426. The van der Waals surface area contributed by atoms with Crippen LogP contribution in [0, 0.1) is 10.1 Å². The lowest BCUT2D eigenvalue weighted by atomic mass is 10.1. The van der Waals surface area contributed by atoms with Crippen LogP contribution in [0.3, 0.4) is 0 Å². The molecule has 3 rings (SSSR count). The molecule has 2 heterocycles. The molecule has 0 radical (unpaired) electrons. The molecule has 94 valence electrons. The zero-order chi connectivity index (χ0) is 13.2. The van der Waals surface area contributed by atoms with Crippen LogP contribution in [-0.4, -0.2) is 25.1 Å². The van der Waals surface area contributed by atoms with Crippen LogP contribution in [0.4, 0.5) is 5.69 Å². The SMILES string of the molecule is O=[N+]([O-])c1ccc(-c2csc(-c3ncn[nH]3)n2)cc1. The third-order valence-electron chi connectivity index (χ3n) is 2.50. The Hall–Kier alpha value is -2.61. The van der Waals surface area contributed by atoms with Gasteiger partial charge in [-0.3, -0.25) is 15.2 Å². The standard InChI is InChI=1S/C11H7N5O2S/c17-16(18)8-3-1-7(2-4-8)9-5-19-11(14-9)10-12-6-13-15-10/h1-6H,(H,12,13,15). The van der Waals surface area contributed by atoms with Crippen molar-refractivity contribution in [1.82, 2.24) is 20.2 Å². The molecule has 19 heavy (non-hydrogen) atoms. The van der Waals surface area contributed by atoms with Gasteiger partial charge in [-0.25, -0.2) is 9.97 Å². The monoisotopic (exact) mass is 273 g/mol. The van der Waals surface area contributed by atoms with Crippen molar-refractivity contribution in [2.24, 2.45) is 0 Å². The summed E-state index contributed by atoms with van der Waals surface area (Å²) in [6, 6.07) is 6.28. The molecule has 7 nitrogen and oxygen atoms in total. The Morgan fingerprint density at radius 3 is 2.68 bits per heavy atom. The predicted octanol–water partition coefficient (Wildman–Crippen LogP) is 2.50. The van der Waals surface area contributed by atoms with Gasteiger partial charge in [0.05, 0.1) is 10.6 Å². The molecule has 3 aromatic rings. The summed E-state index contributed by atoms with van der Waals surface area (Å²) < 4.78 is 0. The zero-order valence-corrected chi connectivity index (χ0v) is 10.3. The van der Waals surface area contributed by atoms with Gasteiger partial charge < -0.3 is 0 Å². The van der Waals surface area contributed by atoms with Crippen LogP contribution in [0.2, 0.25) is 0 Å². The highest BCUT2D eigenvalue weighted by atomic mass is 32.1. The molecule has 0 unspecified atom stereocenters. The average Bonchev–Trinajstić information content (AvgIpc) is 3.10. The van der Waals surface area contributed by atoms with Gasteiger partial charge in [0, 0.05) is 23.1 Å². The highest BCUT2D eigenvalue weighted by molar-refractivity contribution is 7.13. The summed E-state index contributed by atoms with van der Waals surface area (Å²) in [5.74, 6) is 0.609. The number of hydrogen-bond donors (Lipinski definition) is 1. The molecule has 0 atom stereocenters. The van der Waals surface area contributed by atoms with Crippen molar-refractivity contribution in [2.45, 2.75) is 0 Å². The van der Waals surface area contributed by atoms with E-state index in [-0.39, 0.29) is 5.69 Å². The van der Waals surface area contributed by atoms with Crippen molar-refractivity contribution in [2.75, 3.05) is 0 Å². The number of nitrogens with one attached hydrogen (secondary N) is 1. The minimum Gasteiger partial charge on any atom is -0.258 e. The van der Waals surface area contributed by atoms with Gasteiger partial charge in [0.15, 0.2) is 10.8 Å². The first-order chi connectivity index (χ1) is 9.24. The van der Waals surface area contributed by atoms with Crippen molar-refractivity contribution in [3.8, 4) is 22.1 Å². The van der Waals surface area contributed by atoms with Gasteiger partial charge in [0.25, 0.3) is 5.69 Å². The lowest BCUT2D eigenvalue weighted by molar-refractivity contribution is -0.384. The smallest absolute Gasteiger partial charge is 0.258 e. The largest absolute Gasteiger partial charge is 0.269 e. The number of nitro groups is 1. The minimum absolute atomic E-state index is 0.0643. The Labute approximate surface area is 111 Å². The molecule has 0 spiro atoms. The Kier molecular flexibility index (Phi) is 2.76. The molecular formula is C11H7N5O2S. The number of rotatable bonds is 3. The van der Waals surface area contributed by atoms with E-state index in [4.69, 9.17) is 0 Å². The van der Waals surface area contributed by atoms with E-state index in [9.17, 15) is 10.1 Å². The van der Waals surface area contributed by atoms with E-state index in [2.05, 4.69) is 20.2 Å². The maximum atomic E-state index is 10.6. The molecule has 0 aliphatic rings. The van der Waals surface area contributed by atoms with E-state index in [1.54, 1.807) is 12.1 Å².